The highest BCUT2D eigenvalue weighted by Gasteiger charge is 2.09. The fourth-order valence-corrected chi connectivity index (χ4v) is 1.40. The van der Waals surface area contributed by atoms with E-state index in [2.05, 4.69) is 6.58 Å². The molecular formula is C13H19N3. The first-order chi connectivity index (χ1) is 7.57. The number of anilines is 1. The van der Waals surface area contributed by atoms with Crippen molar-refractivity contribution in [3.05, 3.63) is 54.5 Å². The number of hydrogen-bond acceptors (Lipinski definition) is 3. The van der Waals surface area contributed by atoms with Gasteiger partial charge < -0.3 is 5.73 Å². The highest BCUT2D eigenvalue weighted by Crippen LogP contribution is 2.18. The van der Waals surface area contributed by atoms with Crippen molar-refractivity contribution in [2.24, 2.45) is 5.73 Å². The second kappa shape index (κ2) is 5.26. The molecule has 0 saturated carbocycles. The molecule has 0 fully saturated rings. The minimum atomic E-state index is 0.797. The lowest BCUT2D eigenvalue weighted by atomic mass is 10.3. The number of nitrogens with zero attached hydrogens (tertiary/aromatic N) is 2. The molecule has 0 bridgehead atoms. The maximum absolute atomic E-state index is 5.78. The van der Waals surface area contributed by atoms with Gasteiger partial charge in [-0.1, -0.05) is 24.8 Å². The zero-order chi connectivity index (χ0) is 12.1. The summed E-state index contributed by atoms with van der Waals surface area (Å²) in [5.74, 6) is 0. The third-order valence-electron chi connectivity index (χ3n) is 2.57. The molecule has 0 unspecified atom stereocenters. The van der Waals surface area contributed by atoms with Crippen molar-refractivity contribution in [1.82, 2.24) is 5.01 Å². The molecule has 0 aliphatic heterocycles. The van der Waals surface area contributed by atoms with Gasteiger partial charge in [0.15, 0.2) is 0 Å². The van der Waals surface area contributed by atoms with E-state index in [4.69, 9.17) is 5.73 Å². The van der Waals surface area contributed by atoms with Crippen LogP contribution in [0.5, 0.6) is 0 Å². The molecule has 0 radical (unpaired) electrons. The van der Waals surface area contributed by atoms with Gasteiger partial charge in [0.05, 0.1) is 11.4 Å². The Hall–Kier alpha value is -1.90. The van der Waals surface area contributed by atoms with Crippen LogP contribution in [-0.4, -0.2) is 12.1 Å². The highest BCUT2D eigenvalue weighted by molar-refractivity contribution is 5.48. The molecule has 0 heterocycles. The van der Waals surface area contributed by atoms with E-state index in [1.54, 1.807) is 6.20 Å². The van der Waals surface area contributed by atoms with Gasteiger partial charge in [0.25, 0.3) is 0 Å². The lowest BCUT2D eigenvalue weighted by Crippen LogP contribution is -2.35. The maximum atomic E-state index is 5.78. The number of hydrogen-bond donors (Lipinski definition) is 1. The van der Waals surface area contributed by atoms with Gasteiger partial charge >= 0.3 is 0 Å². The van der Waals surface area contributed by atoms with Crippen molar-refractivity contribution in [2.75, 3.05) is 12.1 Å². The second-order valence-corrected chi connectivity index (χ2v) is 3.65. The Labute approximate surface area is 97.4 Å². The minimum absolute atomic E-state index is 0.797. The summed E-state index contributed by atoms with van der Waals surface area (Å²) in [4.78, 5) is 0. The summed E-state index contributed by atoms with van der Waals surface area (Å²) in [7, 11) is 1.96. The van der Waals surface area contributed by atoms with E-state index < -0.39 is 0 Å². The molecule has 0 aliphatic rings. The number of rotatable bonds is 4. The Morgan fingerprint density at radius 3 is 2.25 bits per heavy atom. The molecule has 2 N–H and O–H groups in total. The number of allylic oxidation sites excluding steroid dienone is 2. The van der Waals surface area contributed by atoms with Crippen molar-refractivity contribution in [3.63, 3.8) is 0 Å². The molecule has 0 aliphatic carbocycles. The summed E-state index contributed by atoms with van der Waals surface area (Å²) in [5, 5.41) is 3.92. The first-order valence-electron chi connectivity index (χ1n) is 5.21. The largest absolute Gasteiger partial charge is 0.401 e. The molecule has 1 aromatic carbocycles. The number of nitrogens with two attached hydrogens (primary N) is 1. The first-order valence-corrected chi connectivity index (χ1v) is 5.21. The van der Waals surface area contributed by atoms with Gasteiger partial charge in [0, 0.05) is 18.9 Å². The lowest BCUT2D eigenvalue weighted by molar-refractivity contribution is 0.418. The van der Waals surface area contributed by atoms with Crippen molar-refractivity contribution < 1.29 is 0 Å². The Morgan fingerprint density at radius 1 is 1.25 bits per heavy atom. The Kier molecular flexibility index (Phi) is 4.00. The highest BCUT2D eigenvalue weighted by atomic mass is 15.6. The third kappa shape index (κ3) is 2.57. The van der Waals surface area contributed by atoms with Crippen LogP contribution in [0.3, 0.4) is 0 Å². The minimum Gasteiger partial charge on any atom is -0.401 e. The van der Waals surface area contributed by atoms with E-state index in [-0.39, 0.29) is 0 Å². The van der Waals surface area contributed by atoms with E-state index in [1.807, 2.05) is 61.2 Å². The number of para-hydroxylation sites is 1. The molecule has 0 amide bonds. The summed E-state index contributed by atoms with van der Waals surface area (Å²) >= 11 is 0. The molecule has 0 spiro atoms. The molecule has 0 atom stereocenters. The summed E-state index contributed by atoms with van der Waals surface area (Å²) in [5.41, 5.74) is 8.64. The van der Waals surface area contributed by atoms with E-state index >= 15 is 0 Å². The molecule has 16 heavy (non-hydrogen) atoms. The van der Waals surface area contributed by atoms with Crippen LogP contribution in [0.25, 0.3) is 0 Å². The topological polar surface area (TPSA) is 32.5 Å². The van der Waals surface area contributed by atoms with Crippen molar-refractivity contribution in [2.45, 2.75) is 13.8 Å². The van der Waals surface area contributed by atoms with Crippen molar-refractivity contribution >= 4 is 5.69 Å². The quantitative estimate of drug-likeness (QED) is 0.787. The zero-order valence-corrected chi connectivity index (χ0v) is 10.1. The van der Waals surface area contributed by atoms with Crippen LogP contribution in [0, 0.1) is 0 Å². The standard InChI is InChI=1S/C13H19N3/c1-5-16(13-9-7-6-8-10-13)15(4)12(3)11(2)14/h5-10H,1,14H2,2-4H3/b12-11+. The zero-order valence-electron chi connectivity index (χ0n) is 10.1. The van der Waals surface area contributed by atoms with Crippen molar-refractivity contribution in [1.29, 1.82) is 0 Å². The number of hydrazine groups is 1. The van der Waals surface area contributed by atoms with Crippen LogP contribution in [0.2, 0.25) is 0 Å². The van der Waals surface area contributed by atoms with E-state index in [0.717, 1.165) is 17.1 Å². The van der Waals surface area contributed by atoms with Gasteiger partial charge in [-0.2, -0.15) is 0 Å². The van der Waals surface area contributed by atoms with Gasteiger partial charge in [-0.3, -0.25) is 10.0 Å². The summed E-state index contributed by atoms with van der Waals surface area (Å²) in [6.07, 6.45) is 1.77. The van der Waals surface area contributed by atoms with Gasteiger partial charge in [-0.15, -0.1) is 0 Å². The Morgan fingerprint density at radius 2 is 1.81 bits per heavy atom. The summed E-state index contributed by atoms with van der Waals surface area (Å²) in [6, 6.07) is 10.0. The van der Waals surface area contributed by atoms with Crippen molar-refractivity contribution in [3.8, 4) is 0 Å². The van der Waals surface area contributed by atoms with E-state index in [1.165, 1.54) is 0 Å². The Balaban J connectivity index is 3.01. The second-order valence-electron chi connectivity index (χ2n) is 3.65. The summed E-state index contributed by atoms with van der Waals surface area (Å²) in [6.45, 7) is 7.69. The molecule has 3 heteroatoms. The van der Waals surface area contributed by atoms with Gasteiger partial charge in [-0.05, 0) is 26.0 Å². The van der Waals surface area contributed by atoms with E-state index in [0.29, 0.717) is 0 Å². The normalized spacial score (nSPS) is 11.7. The monoisotopic (exact) mass is 217 g/mol. The first kappa shape index (κ1) is 12.2. The van der Waals surface area contributed by atoms with Crippen LogP contribution >= 0.6 is 0 Å². The molecular weight excluding hydrogens is 198 g/mol. The molecule has 0 saturated heterocycles. The fraction of sp³-hybridized carbons (Fsp3) is 0.231. The third-order valence-corrected chi connectivity index (χ3v) is 2.57. The number of benzene rings is 1. The van der Waals surface area contributed by atoms with Gasteiger partial charge in [-0.25, -0.2) is 0 Å². The van der Waals surface area contributed by atoms with E-state index in [9.17, 15) is 0 Å². The van der Waals surface area contributed by atoms with Gasteiger partial charge in [0.2, 0.25) is 0 Å². The predicted octanol–water partition coefficient (Wildman–Crippen LogP) is 2.69. The summed E-state index contributed by atoms with van der Waals surface area (Å²) < 4.78 is 0. The van der Waals surface area contributed by atoms with Crippen LogP contribution in [-0.2, 0) is 0 Å². The van der Waals surface area contributed by atoms with Gasteiger partial charge in [0.1, 0.15) is 0 Å². The maximum Gasteiger partial charge on any atom is 0.0625 e. The van der Waals surface area contributed by atoms with Crippen LogP contribution in [0.1, 0.15) is 13.8 Å². The van der Waals surface area contributed by atoms with Crippen LogP contribution < -0.4 is 10.7 Å². The lowest BCUT2D eigenvalue weighted by Gasteiger charge is -2.33. The average Bonchev–Trinajstić information content (AvgIpc) is 2.30. The molecule has 0 aromatic heterocycles. The predicted molar refractivity (Wildman–Crippen MR) is 69.4 cm³/mol. The molecule has 86 valence electrons. The average molecular weight is 217 g/mol. The Bertz CT molecular complexity index is 377. The molecule has 1 aromatic rings. The smallest absolute Gasteiger partial charge is 0.0625 e. The molecule has 3 nitrogen and oxygen atoms in total. The molecule has 1 rings (SSSR count). The SMILES string of the molecule is C=CN(c1ccccc1)N(C)/C(C)=C(\C)N. The fourth-order valence-electron chi connectivity index (χ4n) is 1.40. The van der Waals surface area contributed by atoms with Crippen LogP contribution in [0.15, 0.2) is 54.5 Å². The van der Waals surface area contributed by atoms with Crippen LogP contribution in [0.4, 0.5) is 5.69 Å².